The van der Waals surface area contributed by atoms with Crippen LogP contribution in [0, 0.1) is 0 Å². The highest BCUT2D eigenvalue weighted by atomic mass is 35.5. The second-order valence-corrected chi connectivity index (χ2v) is 6.22. The predicted molar refractivity (Wildman–Crippen MR) is 69.7 cm³/mol. The minimum absolute atomic E-state index is 0.0470. The summed E-state index contributed by atoms with van der Waals surface area (Å²) in [5.74, 6) is -0.482. The van der Waals surface area contributed by atoms with Crippen LogP contribution in [0.4, 0.5) is 5.69 Å². The van der Waals surface area contributed by atoms with Crippen molar-refractivity contribution >= 4 is 33.1 Å². The highest BCUT2D eigenvalue weighted by Crippen LogP contribution is 2.25. The quantitative estimate of drug-likeness (QED) is 0.855. The third-order valence-corrected chi connectivity index (χ3v) is 3.64. The Balaban J connectivity index is 3.14. The largest absolute Gasteiger partial charge is 0.467 e. The molecule has 0 saturated heterocycles. The smallest absolute Gasteiger partial charge is 0.327 e. The average molecular weight is 292 g/mol. The minimum Gasteiger partial charge on any atom is -0.467 e. The number of halogens is 1. The van der Waals surface area contributed by atoms with Crippen LogP contribution in [0.1, 0.15) is 6.92 Å². The Labute approximate surface area is 111 Å². The number of esters is 1. The molecule has 18 heavy (non-hydrogen) atoms. The lowest BCUT2D eigenvalue weighted by Gasteiger charge is -2.15. The molecule has 0 amide bonds. The molecule has 1 N–H and O–H groups in total. The van der Waals surface area contributed by atoms with Crippen molar-refractivity contribution in [2.24, 2.45) is 0 Å². The molecule has 0 bridgehead atoms. The molecule has 1 rings (SSSR count). The highest BCUT2D eigenvalue weighted by molar-refractivity contribution is 7.90. The SMILES string of the molecule is COC(=O)C(C)Nc1ccc(Cl)cc1S(C)(=O)=O. The lowest BCUT2D eigenvalue weighted by Crippen LogP contribution is -2.27. The first-order valence-electron chi connectivity index (χ1n) is 5.09. The zero-order valence-corrected chi connectivity index (χ0v) is 11.8. The summed E-state index contributed by atoms with van der Waals surface area (Å²) in [6.45, 7) is 1.58. The molecule has 0 radical (unpaired) electrons. The van der Waals surface area contributed by atoms with Crippen LogP contribution in [0.2, 0.25) is 5.02 Å². The van der Waals surface area contributed by atoms with E-state index in [-0.39, 0.29) is 4.90 Å². The lowest BCUT2D eigenvalue weighted by atomic mass is 10.2. The van der Waals surface area contributed by atoms with Gasteiger partial charge in [-0.3, -0.25) is 0 Å². The van der Waals surface area contributed by atoms with E-state index in [4.69, 9.17) is 11.6 Å². The second-order valence-electron chi connectivity index (χ2n) is 3.80. The van der Waals surface area contributed by atoms with E-state index in [0.29, 0.717) is 10.7 Å². The van der Waals surface area contributed by atoms with Gasteiger partial charge in [-0.25, -0.2) is 13.2 Å². The molecule has 0 aromatic heterocycles. The fraction of sp³-hybridized carbons (Fsp3) is 0.364. The van der Waals surface area contributed by atoms with Crippen LogP contribution in [-0.4, -0.2) is 33.8 Å². The van der Waals surface area contributed by atoms with Gasteiger partial charge in [0.2, 0.25) is 0 Å². The monoisotopic (exact) mass is 291 g/mol. The van der Waals surface area contributed by atoms with Crippen molar-refractivity contribution in [2.75, 3.05) is 18.7 Å². The van der Waals surface area contributed by atoms with E-state index in [9.17, 15) is 13.2 Å². The van der Waals surface area contributed by atoms with Gasteiger partial charge in [-0.05, 0) is 25.1 Å². The molecule has 0 saturated carbocycles. The summed E-state index contributed by atoms with van der Waals surface area (Å²) in [5, 5.41) is 3.09. The van der Waals surface area contributed by atoms with Gasteiger partial charge < -0.3 is 10.1 Å². The molecule has 100 valence electrons. The molecule has 5 nitrogen and oxygen atoms in total. The van der Waals surface area contributed by atoms with Crippen LogP contribution in [0.15, 0.2) is 23.1 Å². The summed E-state index contributed by atoms with van der Waals surface area (Å²) in [6, 6.07) is 3.74. The average Bonchev–Trinajstić information content (AvgIpc) is 2.28. The minimum atomic E-state index is -3.43. The molecule has 7 heteroatoms. The summed E-state index contributed by atoms with van der Waals surface area (Å²) >= 11 is 5.77. The Hall–Kier alpha value is -1.27. The van der Waals surface area contributed by atoms with Crippen LogP contribution < -0.4 is 5.32 Å². The molecule has 0 fully saturated rings. The summed E-state index contributed by atoms with van der Waals surface area (Å²) in [7, 11) is -2.17. The van der Waals surface area contributed by atoms with Gasteiger partial charge >= 0.3 is 5.97 Å². The number of rotatable bonds is 4. The van der Waals surface area contributed by atoms with Crippen LogP contribution in [0.25, 0.3) is 0 Å². The first-order valence-corrected chi connectivity index (χ1v) is 7.36. The number of hydrogen-bond donors (Lipinski definition) is 1. The van der Waals surface area contributed by atoms with E-state index in [2.05, 4.69) is 10.1 Å². The van der Waals surface area contributed by atoms with Crippen molar-refractivity contribution < 1.29 is 17.9 Å². The highest BCUT2D eigenvalue weighted by Gasteiger charge is 2.18. The third-order valence-electron chi connectivity index (χ3n) is 2.27. The molecular weight excluding hydrogens is 278 g/mol. The predicted octanol–water partition coefficient (Wildman–Crippen LogP) is 1.72. The molecule has 0 aliphatic rings. The van der Waals surface area contributed by atoms with Gasteiger partial charge in [0.05, 0.1) is 17.7 Å². The molecule has 0 aliphatic carbocycles. The maximum absolute atomic E-state index is 11.6. The maximum atomic E-state index is 11.6. The maximum Gasteiger partial charge on any atom is 0.327 e. The van der Waals surface area contributed by atoms with E-state index in [0.717, 1.165) is 6.26 Å². The van der Waals surface area contributed by atoms with Gasteiger partial charge in [0.25, 0.3) is 0 Å². The fourth-order valence-electron chi connectivity index (χ4n) is 1.39. The number of carbonyl (C=O) groups is 1. The zero-order valence-electron chi connectivity index (χ0n) is 10.2. The summed E-state index contributed by atoms with van der Waals surface area (Å²) in [5.41, 5.74) is 0.319. The van der Waals surface area contributed by atoms with Gasteiger partial charge in [0.15, 0.2) is 9.84 Å². The number of hydrogen-bond acceptors (Lipinski definition) is 5. The van der Waals surface area contributed by atoms with Crippen molar-refractivity contribution in [3.05, 3.63) is 23.2 Å². The summed E-state index contributed by atoms with van der Waals surface area (Å²) < 4.78 is 27.8. The number of nitrogens with one attached hydrogen (secondary N) is 1. The Morgan fingerprint density at radius 1 is 1.44 bits per heavy atom. The van der Waals surface area contributed by atoms with Crippen LogP contribution in [0.5, 0.6) is 0 Å². The van der Waals surface area contributed by atoms with E-state index >= 15 is 0 Å². The van der Waals surface area contributed by atoms with Crippen LogP contribution >= 0.6 is 11.6 Å². The number of benzene rings is 1. The van der Waals surface area contributed by atoms with Gasteiger partial charge in [0, 0.05) is 11.3 Å². The number of carbonyl (C=O) groups excluding carboxylic acids is 1. The topological polar surface area (TPSA) is 72.5 Å². The first kappa shape index (κ1) is 14.8. The molecule has 0 spiro atoms. The van der Waals surface area contributed by atoms with Crippen LogP contribution in [-0.2, 0) is 19.4 Å². The van der Waals surface area contributed by atoms with Gasteiger partial charge in [-0.1, -0.05) is 11.6 Å². The van der Waals surface area contributed by atoms with Gasteiger partial charge in [-0.2, -0.15) is 0 Å². The second kappa shape index (κ2) is 5.58. The molecular formula is C11H14ClNO4S. The third kappa shape index (κ3) is 3.61. The molecule has 1 aromatic carbocycles. The molecule has 1 aromatic rings. The van der Waals surface area contributed by atoms with Crippen molar-refractivity contribution in [3.8, 4) is 0 Å². The lowest BCUT2D eigenvalue weighted by molar-refractivity contribution is -0.141. The first-order chi connectivity index (χ1) is 8.25. The number of sulfone groups is 1. The van der Waals surface area contributed by atoms with Crippen molar-refractivity contribution in [3.63, 3.8) is 0 Å². The van der Waals surface area contributed by atoms with Crippen LogP contribution in [0.3, 0.4) is 0 Å². The van der Waals surface area contributed by atoms with E-state index in [1.54, 1.807) is 13.0 Å². The van der Waals surface area contributed by atoms with Gasteiger partial charge in [-0.15, -0.1) is 0 Å². The van der Waals surface area contributed by atoms with Crippen molar-refractivity contribution in [2.45, 2.75) is 17.9 Å². The Morgan fingerprint density at radius 2 is 2.06 bits per heavy atom. The molecule has 0 heterocycles. The molecule has 0 aliphatic heterocycles. The number of methoxy groups -OCH3 is 1. The Morgan fingerprint density at radius 3 is 2.56 bits per heavy atom. The standard InChI is InChI=1S/C11H14ClNO4S/c1-7(11(14)17-2)13-9-5-4-8(12)6-10(9)18(3,15)16/h4-7,13H,1-3H3. The molecule has 1 unspecified atom stereocenters. The Kier molecular flexibility index (Phi) is 4.59. The normalized spacial score (nSPS) is 12.9. The fourth-order valence-corrected chi connectivity index (χ4v) is 2.50. The summed E-state index contributed by atoms with van der Waals surface area (Å²) in [4.78, 5) is 11.3. The summed E-state index contributed by atoms with van der Waals surface area (Å²) in [6.07, 6.45) is 1.08. The van der Waals surface area contributed by atoms with Gasteiger partial charge in [0.1, 0.15) is 6.04 Å². The van der Waals surface area contributed by atoms with Crippen molar-refractivity contribution in [1.29, 1.82) is 0 Å². The molecule has 1 atom stereocenters. The number of ether oxygens (including phenoxy) is 1. The van der Waals surface area contributed by atoms with Crippen molar-refractivity contribution in [1.82, 2.24) is 0 Å². The Bertz CT molecular complexity index is 556. The zero-order chi connectivity index (χ0) is 13.9. The van der Waals surface area contributed by atoms with E-state index < -0.39 is 21.8 Å². The van der Waals surface area contributed by atoms with E-state index in [1.807, 2.05) is 0 Å². The van der Waals surface area contributed by atoms with E-state index in [1.165, 1.54) is 19.2 Å². The number of anilines is 1.